The van der Waals surface area contributed by atoms with Crippen molar-refractivity contribution in [2.45, 2.75) is 19.0 Å². The molecule has 2 nitrogen and oxygen atoms in total. The van der Waals surface area contributed by atoms with Gasteiger partial charge >= 0.3 is 6.18 Å². The van der Waals surface area contributed by atoms with Crippen LogP contribution in [0.1, 0.15) is 18.4 Å². The standard InChI is InChI=1S/C13H16F3O2/c14-13(15,16)7-12(6-10(8-17)9-18)11-4-2-1-3-5-11/h1-5,10,17-18H,6-9H2. The quantitative estimate of drug-likeness (QED) is 0.826. The highest BCUT2D eigenvalue weighted by atomic mass is 19.4. The van der Waals surface area contributed by atoms with Gasteiger partial charge < -0.3 is 10.2 Å². The maximum Gasteiger partial charge on any atom is 0.390 e. The minimum absolute atomic E-state index is 0.0382. The maximum absolute atomic E-state index is 12.5. The Morgan fingerprint density at radius 1 is 1.06 bits per heavy atom. The lowest BCUT2D eigenvalue weighted by molar-refractivity contribution is -0.131. The third-order valence-electron chi connectivity index (χ3n) is 2.65. The van der Waals surface area contributed by atoms with Gasteiger partial charge in [-0.25, -0.2) is 0 Å². The smallest absolute Gasteiger partial charge is 0.390 e. The van der Waals surface area contributed by atoms with Gasteiger partial charge in [-0.3, -0.25) is 0 Å². The lowest BCUT2D eigenvalue weighted by atomic mass is 9.87. The second-order valence-electron chi connectivity index (χ2n) is 4.20. The van der Waals surface area contributed by atoms with Gasteiger partial charge in [0.25, 0.3) is 0 Å². The first-order valence-corrected chi connectivity index (χ1v) is 5.65. The first-order valence-electron chi connectivity index (χ1n) is 5.65. The van der Waals surface area contributed by atoms with E-state index in [2.05, 4.69) is 0 Å². The van der Waals surface area contributed by atoms with Crippen molar-refractivity contribution < 1.29 is 23.4 Å². The zero-order valence-electron chi connectivity index (χ0n) is 9.82. The normalized spacial score (nSPS) is 12.4. The Hall–Kier alpha value is -1.07. The highest BCUT2D eigenvalue weighted by molar-refractivity contribution is 5.30. The molecule has 1 aromatic rings. The summed E-state index contributed by atoms with van der Waals surface area (Å²) >= 11 is 0. The van der Waals surface area contributed by atoms with Crippen LogP contribution >= 0.6 is 0 Å². The summed E-state index contributed by atoms with van der Waals surface area (Å²) in [6, 6.07) is 8.27. The molecule has 5 heteroatoms. The second-order valence-corrected chi connectivity index (χ2v) is 4.20. The highest BCUT2D eigenvalue weighted by Crippen LogP contribution is 2.34. The van der Waals surface area contributed by atoms with E-state index in [1.165, 1.54) is 0 Å². The average molecular weight is 261 g/mol. The van der Waals surface area contributed by atoms with E-state index in [0.29, 0.717) is 5.56 Å². The van der Waals surface area contributed by atoms with Crippen molar-refractivity contribution in [2.24, 2.45) is 5.92 Å². The minimum atomic E-state index is -4.29. The molecule has 0 unspecified atom stereocenters. The number of hydrogen-bond acceptors (Lipinski definition) is 2. The lowest BCUT2D eigenvalue weighted by Crippen LogP contribution is -2.20. The Morgan fingerprint density at radius 2 is 1.61 bits per heavy atom. The Labute approximate surface area is 104 Å². The van der Waals surface area contributed by atoms with Gasteiger partial charge in [0.15, 0.2) is 0 Å². The van der Waals surface area contributed by atoms with Gasteiger partial charge in [0, 0.05) is 25.0 Å². The fraction of sp³-hybridized carbons (Fsp3) is 0.462. The SMILES string of the molecule is OCC(CO)C[C](CC(F)(F)F)c1ccccc1. The van der Waals surface area contributed by atoms with Gasteiger partial charge in [0.05, 0.1) is 6.42 Å². The lowest BCUT2D eigenvalue weighted by Gasteiger charge is -2.22. The summed E-state index contributed by atoms with van der Waals surface area (Å²) in [6.45, 7) is -0.657. The van der Waals surface area contributed by atoms with Crippen LogP contribution in [0, 0.1) is 11.8 Å². The second kappa shape index (κ2) is 6.75. The predicted molar refractivity (Wildman–Crippen MR) is 61.7 cm³/mol. The summed E-state index contributed by atoms with van der Waals surface area (Å²) in [5, 5.41) is 17.9. The molecule has 0 heterocycles. The van der Waals surface area contributed by atoms with E-state index in [0.717, 1.165) is 0 Å². The molecule has 0 amide bonds. The van der Waals surface area contributed by atoms with Crippen molar-refractivity contribution in [3.05, 3.63) is 41.8 Å². The van der Waals surface area contributed by atoms with Crippen molar-refractivity contribution in [3.8, 4) is 0 Å². The number of aliphatic hydroxyl groups is 2. The number of aliphatic hydroxyl groups excluding tert-OH is 2. The monoisotopic (exact) mass is 261 g/mol. The minimum Gasteiger partial charge on any atom is -0.396 e. The van der Waals surface area contributed by atoms with Crippen molar-refractivity contribution in [3.63, 3.8) is 0 Å². The van der Waals surface area contributed by atoms with Crippen LogP contribution in [0.2, 0.25) is 0 Å². The summed E-state index contributed by atoms with van der Waals surface area (Å²) in [4.78, 5) is 0. The summed E-state index contributed by atoms with van der Waals surface area (Å²) < 4.78 is 37.5. The summed E-state index contributed by atoms with van der Waals surface area (Å²) in [5.41, 5.74) is 0.502. The zero-order chi connectivity index (χ0) is 13.6. The number of benzene rings is 1. The van der Waals surface area contributed by atoms with Gasteiger partial charge in [-0.05, 0) is 12.0 Å². The molecule has 0 aliphatic rings. The molecular formula is C13H16F3O2. The van der Waals surface area contributed by atoms with Crippen molar-refractivity contribution >= 4 is 0 Å². The molecule has 1 rings (SSSR count). The summed E-state index contributed by atoms with van der Waals surface area (Å²) in [6.07, 6.45) is -5.27. The van der Waals surface area contributed by atoms with Crippen LogP contribution in [-0.2, 0) is 0 Å². The molecule has 0 bridgehead atoms. The molecule has 0 aliphatic heterocycles. The van der Waals surface area contributed by atoms with Crippen LogP contribution in [0.25, 0.3) is 0 Å². The molecular weight excluding hydrogens is 245 g/mol. The molecule has 0 atom stereocenters. The van der Waals surface area contributed by atoms with Gasteiger partial charge in [0.1, 0.15) is 0 Å². The molecule has 0 saturated carbocycles. The maximum atomic E-state index is 12.5. The number of hydrogen-bond donors (Lipinski definition) is 2. The molecule has 2 N–H and O–H groups in total. The molecule has 0 aromatic heterocycles. The van der Waals surface area contributed by atoms with Crippen molar-refractivity contribution in [1.29, 1.82) is 0 Å². The molecule has 0 fully saturated rings. The fourth-order valence-corrected chi connectivity index (χ4v) is 1.74. The van der Waals surface area contributed by atoms with Gasteiger partial charge in [0.2, 0.25) is 0 Å². The van der Waals surface area contributed by atoms with Crippen LogP contribution < -0.4 is 0 Å². The average Bonchev–Trinajstić information content (AvgIpc) is 2.34. The van der Waals surface area contributed by atoms with E-state index in [1.54, 1.807) is 30.3 Å². The number of rotatable bonds is 6. The molecule has 18 heavy (non-hydrogen) atoms. The molecule has 0 aliphatic carbocycles. The molecule has 0 saturated heterocycles. The molecule has 1 radical (unpaired) electrons. The van der Waals surface area contributed by atoms with Crippen molar-refractivity contribution in [1.82, 2.24) is 0 Å². The van der Waals surface area contributed by atoms with E-state index in [9.17, 15) is 13.2 Å². The third-order valence-corrected chi connectivity index (χ3v) is 2.65. The highest BCUT2D eigenvalue weighted by Gasteiger charge is 2.33. The van der Waals surface area contributed by atoms with Crippen LogP contribution in [0.5, 0.6) is 0 Å². The third kappa shape index (κ3) is 5.06. The van der Waals surface area contributed by atoms with E-state index in [4.69, 9.17) is 10.2 Å². The Morgan fingerprint density at radius 3 is 2.06 bits per heavy atom. The van der Waals surface area contributed by atoms with E-state index >= 15 is 0 Å². The van der Waals surface area contributed by atoms with E-state index < -0.39 is 18.5 Å². The first-order chi connectivity index (χ1) is 8.46. The van der Waals surface area contributed by atoms with Gasteiger partial charge in [-0.1, -0.05) is 30.3 Å². The molecule has 1 aromatic carbocycles. The molecule has 0 spiro atoms. The van der Waals surface area contributed by atoms with Crippen LogP contribution in [0.15, 0.2) is 30.3 Å². The van der Waals surface area contributed by atoms with Crippen molar-refractivity contribution in [2.75, 3.05) is 13.2 Å². The number of halogens is 3. The topological polar surface area (TPSA) is 40.5 Å². The van der Waals surface area contributed by atoms with Gasteiger partial charge in [-0.2, -0.15) is 13.2 Å². The largest absolute Gasteiger partial charge is 0.396 e. The summed E-state index contributed by atoms with van der Waals surface area (Å²) in [7, 11) is 0. The zero-order valence-corrected chi connectivity index (χ0v) is 9.82. The Balaban J connectivity index is 2.82. The summed E-state index contributed by atoms with van der Waals surface area (Å²) in [5.74, 6) is -0.362. The Bertz CT molecular complexity index is 334. The Kier molecular flexibility index (Phi) is 5.62. The predicted octanol–water partition coefficient (Wildman–Crippen LogP) is 2.55. The van der Waals surface area contributed by atoms with Crippen LogP contribution in [0.4, 0.5) is 13.2 Å². The molecule has 101 valence electrons. The van der Waals surface area contributed by atoms with Crippen LogP contribution in [-0.4, -0.2) is 29.6 Å². The van der Waals surface area contributed by atoms with Crippen LogP contribution in [0.3, 0.4) is 0 Å². The first kappa shape index (κ1) is 15.0. The fourth-order valence-electron chi connectivity index (χ4n) is 1.74. The number of alkyl halides is 3. The van der Waals surface area contributed by atoms with Gasteiger partial charge in [-0.15, -0.1) is 0 Å². The van der Waals surface area contributed by atoms with E-state index in [1.807, 2.05) is 0 Å². The van der Waals surface area contributed by atoms with E-state index in [-0.39, 0.29) is 25.6 Å².